The van der Waals surface area contributed by atoms with Crippen molar-refractivity contribution >= 4 is 11.6 Å². The van der Waals surface area contributed by atoms with Gasteiger partial charge < -0.3 is 4.74 Å². The van der Waals surface area contributed by atoms with Gasteiger partial charge >= 0.3 is 6.36 Å². The van der Waals surface area contributed by atoms with Crippen molar-refractivity contribution in [1.29, 1.82) is 5.26 Å². The van der Waals surface area contributed by atoms with Crippen molar-refractivity contribution in [3.63, 3.8) is 0 Å². The molecule has 7 heteroatoms. The highest BCUT2D eigenvalue weighted by Gasteiger charge is 2.32. The van der Waals surface area contributed by atoms with E-state index >= 15 is 0 Å². The van der Waals surface area contributed by atoms with Crippen molar-refractivity contribution in [2.24, 2.45) is 0 Å². The topological polar surface area (TPSA) is 45.9 Å². The number of alkyl halides is 4. The van der Waals surface area contributed by atoms with E-state index in [4.69, 9.17) is 16.9 Å². The summed E-state index contributed by atoms with van der Waals surface area (Å²) in [5.41, 5.74) is 0.812. The molecule has 0 amide bonds. The Bertz CT molecular complexity index is 454. The number of hydrogen-bond donors (Lipinski definition) is 0. The zero-order valence-corrected chi connectivity index (χ0v) is 9.56. The van der Waals surface area contributed by atoms with Gasteiger partial charge in [0.25, 0.3) is 0 Å². The Morgan fingerprint density at radius 2 is 2.18 bits per heavy atom. The number of halogens is 4. The number of nitriles is 1. The first kappa shape index (κ1) is 13.6. The van der Waals surface area contributed by atoms with Gasteiger partial charge in [-0.3, -0.25) is 4.98 Å². The Morgan fingerprint density at radius 1 is 1.53 bits per heavy atom. The summed E-state index contributed by atoms with van der Waals surface area (Å²) in [4.78, 5) is 3.89. The molecule has 0 atom stereocenters. The Hall–Kier alpha value is -1.48. The van der Waals surface area contributed by atoms with Crippen LogP contribution >= 0.6 is 11.6 Å². The van der Waals surface area contributed by atoms with E-state index in [-0.39, 0.29) is 18.0 Å². The van der Waals surface area contributed by atoms with Crippen LogP contribution in [0.25, 0.3) is 0 Å². The summed E-state index contributed by atoms with van der Waals surface area (Å²) >= 11 is 5.59. The largest absolute Gasteiger partial charge is 0.573 e. The maximum atomic E-state index is 12.1. The van der Waals surface area contributed by atoms with Gasteiger partial charge in [-0.05, 0) is 18.6 Å². The maximum Gasteiger partial charge on any atom is 0.573 e. The lowest BCUT2D eigenvalue weighted by molar-refractivity contribution is -0.275. The summed E-state index contributed by atoms with van der Waals surface area (Å²) in [5.74, 6) is -0.374. The highest BCUT2D eigenvalue weighted by molar-refractivity contribution is 6.17. The zero-order valence-electron chi connectivity index (χ0n) is 8.81. The molecule has 3 nitrogen and oxygen atoms in total. The van der Waals surface area contributed by atoms with E-state index < -0.39 is 12.1 Å². The molecule has 0 spiro atoms. The molecule has 0 saturated carbocycles. The first-order chi connectivity index (χ1) is 7.87. The van der Waals surface area contributed by atoms with Crippen LogP contribution in [0.5, 0.6) is 5.75 Å². The highest BCUT2D eigenvalue weighted by atomic mass is 35.5. The van der Waals surface area contributed by atoms with Gasteiger partial charge in [-0.2, -0.15) is 5.26 Å². The Labute approximate surface area is 101 Å². The molecule has 0 N–H and O–H groups in total. The molecule has 0 aliphatic heterocycles. The van der Waals surface area contributed by atoms with Crippen LogP contribution in [0.4, 0.5) is 13.2 Å². The lowest BCUT2D eigenvalue weighted by Gasteiger charge is -2.13. The molecule has 17 heavy (non-hydrogen) atoms. The van der Waals surface area contributed by atoms with Crippen molar-refractivity contribution in [2.75, 3.05) is 0 Å². The molecule has 1 rings (SSSR count). The molecule has 0 bridgehead atoms. The minimum atomic E-state index is -4.78. The number of hydrogen-bond acceptors (Lipinski definition) is 3. The summed E-state index contributed by atoms with van der Waals surface area (Å²) in [6.45, 7) is 1.38. The van der Waals surface area contributed by atoms with E-state index in [0.717, 1.165) is 6.07 Å². The monoisotopic (exact) mass is 264 g/mol. The van der Waals surface area contributed by atoms with Gasteiger partial charge in [-0.15, -0.1) is 24.8 Å². The first-order valence-corrected chi connectivity index (χ1v) is 5.09. The zero-order chi connectivity index (χ0) is 13.1. The average Bonchev–Trinajstić information content (AvgIpc) is 2.21. The van der Waals surface area contributed by atoms with E-state index in [1.807, 2.05) is 6.07 Å². The molecule has 0 aromatic carbocycles. The van der Waals surface area contributed by atoms with E-state index in [2.05, 4.69) is 9.72 Å². The fourth-order valence-electron chi connectivity index (χ4n) is 1.26. The molecular formula is C10H8ClF3N2O. The molecule has 1 aromatic heterocycles. The number of ether oxygens (including phenoxy) is 1. The lowest BCUT2D eigenvalue weighted by Crippen LogP contribution is -2.18. The summed E-state index contributed by atoms with van der Waals surface area (Å²) in [6, 6.07) is 2.98. The van der Waals surface area contributed by atoms with Gasteiger partial charge in [0.2, 0.25) is 0 Å². The van der Waals surface area contributed by atoms with Crippen LogP contribution in [0, 0.1) is 18.3 Å². The van der Waals surface area contributed by atoms with E-state index in [1.54, 1.807) is 0 Å². The minimum absolute atomic E-state index is 0.0319. The fourth-order valence-corrected chi connectivity index (χ4v) is 1.49. The Morgan fingerprint density at radius 3 is 2.65 bits per heavy atom. The SMILES string of the molecule is Cc1nc(CCl)c(CC#N)cc1OC(F)(F)F. The molecule has 92 valence electrons. The predicted molar refractivity (Wildman–Crippen MR) is 54.5 cm³/mol. The Kier molecular flexibility index (Phi) is 4.18. The van der Waals surface area contributed by atoms with Crippen LogP contribution in [-0.4, -0.2) is 11.3 Å². The van der Waals surface area contributed by atoms with Crippen LogP contribution in [0.15, 0.2) is 6.07 Å². The number of aryl methyl sites for hydroxylation is 1. The standard InChI is InChI=1S/C10H8ClF3N2O/c1-6-9(17-10(12,13)14)4-7(2-3-15)8(5-11)16-6/h4H,2,5H2,1H3. The number of pyridine rings is 1. The van der Waals surface area contributed by atoms with Crippen molar-refractivity contribution in [3.8, 4) is 11.8 Å². The molecule has 0 fully saturated rings. The first-order valence-electron chi connectivity index (χ1n) is 4.55. The van der Waals surface area contributed by atoms with Crippen LogP contribution in [0.1, 0.15) is 17.0 Å². The van der Waals surface area contributed by atoms with Crippen molar-refractivity contribution in [2.45, 2.75) is 25.6 Å². The third-order valence-corrected chi connectivity index (χ3v) is 2.21. The average molecular weight is 265 g/mol. The van der Waals surface area contributed by atoms with E-state index in [0.29, 0.717) is 11.3 Å². The number of aromatic nitrogens is 1. The Balaban J connectivity index is 3.16. The van der Waals surface area contributed by atoms with Crippen LogP contribution < -0.4 is 4.74 Å². The predicted octanol–water partition coefficient (Wildman–Crippen LogP) is 3.09. The van der Waals surface area contributed by atoms with Crippen LogP contribution in [0.2, 0.25) is 0 Å². The summed E-state index contributed by atoms with van der Waals surface area (Å²) in [6.07, 6.45) is -4.84. The smallest absolute Gasteiger partial charge is 0.404 e. The van der Waals surface area contributed by atoms with Gasteiger partial charge in [-0.1, -0.05) is 0 Å². The van der Waals surface area contributed by atoms with Gasteiger partial charge in [0, 0.05) is 0 Å². The molecule has 1 heterocycles. The summed E-state index contributed by atoms with van der Waals surface area (Å²) in [5, 5.41) is 8.55. The van der Waals surface area contributed by atoms with Gasteiger partial charge in [0.15, 0.2) is 5.75 Å². The molecule has 1 aromatic rings. The number of rotatable bonds is 3. The van der Waals surface area contributed by atoms with E-state index in [9.17, 15) is 13.2 Å². The minimum Gasteiger partial charge on any atom is -0.404 e. The summed E-state index contributed by atoms with van der Waals surface area (Å²) in [7, 11) is 0. The number of nitrogens with zero attached hydrogens (tertiary/aromatic N) is 2. The van der Waals surface area contributed by atoms with Gasteiger partial charge in [-0.25, -0.2) is 0 Å². The van der Waals surface area contributed by atoms with Crippen molar-refractivity contribution in [1.82, 2.24) is 4.98 Å². The quantitative estimate of drug-likeness (QED) is 0.788. The second-order valence-corrected chi connectivity index (χ2v) is 3.46. The maximum absolute atomic E-state index is 12.1. The second kappa shape index (κ2) is 5.23. The third-order valence-electron chi connectivity index (χ3n) is 1.96. The van der Waals surface area contributed by atoms with Crippen LogP contribution in [0.3, 0.4) is 0 Å². The van der Waals surface area contributed by atoms with Crippen molar-refractivity contribution in [3.05, 3.63) is 23.0 Å². The molecular weight excluding hydrogens is 257 g/mol. The molecule has 0 aliphatic rings. The lowest BCUT2D eigenvalue weighted by atomic mass is 10.1. The molecule has 0 aliphatic carbocycles. The van der Waals surface area contributed by atoms with Gasteiger partial charge in [0.1, 0.15) is 0 Å². The summed E-state index contributed by atoms with van der Waals surface area (Å²) < 4.78 is 40.0. The van der Waals surface area contributed by atoms with Crippen LogP contribution in [-0.2, 0) is 12.3 Å². The third kappa shape index (κ3) is 3.79. The molecule has 0 radical (unpaired) electrons. The van der Waals surface area contributed by atoms with E-state index in [1.165, 1.54) is 6.92 Å². The fraction of sp³-hybridized carbons (Fsp3) is 0.400. The van der Waals surface area contributed by atoms with Crippen molar-refractivity contribution < 1.29 is 17.9 Å². The van der Waals surface area contributed by atoms with Gasteiger partial charge in [0.05, 0.1) is 29.8 Å². The second-order valence-electron chi connectivity index (χ2n) is 3.19. The highest BCUT2D eigenvalue weighted by Crippen LogP contribution is 2.27. The molecule has 0 unspecified atom stereocenters. The normalized spacial score (nSPS) is 11.1. The molecule has 0 saturated heterocycles.